The zero-order valence-electron chi connectivity index (χ0n) is 12.6. The minimum atomic E-state index is -0.755. The maximum absolute atomic E-state index is 12.1. The third-order valence-corrected chi connectivity index (χ3v) is 5.09. The van der Waals surface area contributed by atoms with E-state index in [-0.39, 0.29) is 23.4 Å². The Labute approximate surface area is 141 Å². The van der Waals surface area contributed by atoms with Crippen molar-refractivity contribution in [2.75, 3.05) is 0 Å². The number of rotatable bonds is 5. The number of fused-ring (bicyclic) bond motifs is 1. The van der Waals surface area contributed by atoms with Gasteiger partial charge in [0.25, 0.3) is 5.69 Å². The Kier molecular flexibility index (Phi) is 4.30. The van der Waals surface area contributed by atoms with E-state index in [2.05, 4.69) is 0 Å². The van der Waals surface area contributed by atoms with Crippen LogP contribution in [0.15, 0.2) is 24.3 Å². The van der Waals surface area contributed by atoms with Gasteiger partial charge in [0.1, 0.15) is 11.5 Å². The number of nitro benzene ring substituents is 1. The minimum Gasteiger partial charge on any atom is -0.456 e. The highest BCUT2D eigenvalue weighted by atomic mass is 32.1. The van der Waals surface area contributed by atoms with E-state index in [1.54, 1.807) is 0 Å². The Bertz CT molecular complexity index is 821. The standard InChI is InChI=1S/C16H14N2O5S/c17-15(19)10-4-5-11(12(6-10)18(21)22)8-23-16(20)14-7-9-2-1-3-13(9)24-14/h4-7H,1-3,8H2,(H2,17,19). The van der Waals surface area contributed by atoms with Crippen molar-refractivity contribution in [1.82, 2.24) is 0 Å². The number of nitrogens with two attached hydrogens (primary N) is 1. The number of benzene rings is 1. The fraction of sp³-hybridized carbons (Fsp3) is 0.250. The molecule has 0 aliphatic heterocycles. The number of hydrogen-bond acceptors (Lipinski definition) is 6. The van der Waals surface area contributed by atoms with Crippen molar-refractivity contribution >= 4 is 28.9 Å². The van der Waals surface area contributed by atoms with Gasteiger partial charge in [0.15, 0.2) is 0 Å². The molecule has 0 fully saturated rings. The number of nitrogens with zero attached hydrogens (tertiary/aromatic N) is 1. The molecular weight excluding hydrogens is 332 g/mol. The molecule has 1 aromatic carbocycles. The molecule has 3 rings (SSSR count). The smallest absolute Gasteiger partial charge is 0.348 e. The van der Waals surface area contributed by atoms with Crippen LogP contribution in [0.25, 0.3) is 0 Å². The van der Waals surface area contributed by atoms with Crippen molar-refractivity contribution < 1.29 is 19.2 Å². The maximum atomic E-state index is 12.1. The van der Waals surface area contributed by atoms with Gasteiger partial charge in [0.2, 0.25) is 5.91 Å². The van der Waals surface area contributed by atoms with Crippen LogP contribution in [0, 0.1) is 10.1 Å². The summed E-state index contributed by atoms with van der Waals surface area (Å²) in [6.45, 7) is -0.239. The second kappa shape index (κ2) is 6.40. The number of nitro groups is 1. The lowest BCUT2D eigenvalue weighted by atomic mass is 10.1. The lowest BCUT2D eigenvalue weighted by molar-refractivity contribution is -0.385. The summed E-state index contributed by atoms with van der Waals surface area (Å²) < 4.78 is 5.19. The number of aryl methyl sites for hydroxylation is 2. The molecule has 0 bridgehead atoms. The molecule has 0 saturated carbocycles. The molecule has 1 aromatic heterocycles. The summed E-state index contributed by atoms with van der Waals surface area (Å²) in [7, 11) is 0. The van der Waals surface area contributed by atoms with Crippen LogP contribution in [0.3, 0.4) is 0 Å². The molecule has 1 heterocycles. The largest absolute Gasteiger partial charge is 0.456 e. The Balaban J connectivity index is 1.74. The first kappa shape index (κ1) is 16.1. The molecule has 0 unspecified atom stereocenters. The number of ether oxygens (including phenoxy) is 1. The third-order valence-electron chi connectivity index (χ3n) is 3.87. The highest BCUT2D eigenvalue weighted by Crippen LogP contribution is 2.31. The Morgan fingerprint density at radius 3 is 2.75 bits per heavy atom. The number of thiophene rings is 1. The van der Waals surface area contributed by atoms with Gasteiger partial charge in [-0.3, -0.25) is 14.9 Å². The van der Waals surface area contributed by atoms with Crippen LogP contribution in [0.2, 0.25) is 0 Å². The number of hydrogen-bond donors (Lipinski definition) is 1. The lowest BCUT2D eigenvalue weighted by Gasteiger charge is -2.06. The zero-order chi connectivity index (χ0) is 17.3. The average molecular weight is 346 g/mol. The van der Waals surface area contributed by atoms with Gasteiger partial charge in [-0.1, -0.05) is 0 Å². The molecule has 124 valence electrons. The van der Waals surface area contributed by atoms with Crippen LogP contribution in [0.1, 0.15) is 42.5 Å². The van der Waals surface area contributed by atoms with E-state index in [4.69, 9.17) is 10.5 Å². The van der Waals surface area contributed by atoms with E-state index >= 15 is 0 Å². The summed E-state index contributed by atoms with van der Waals surface area (Å²) in [6.07, 6.45) is 3.06. The predicted octanol–water partition coefficient (Wildman–Crippen LogP) is 2.60. The van der Waals surface area contributed by atoms with E-state index in [1.807, 2.05) is 6.07 Å². The Hall–Kier alpha value is -2.74. The maximum Gasteiger partial charge on any atom is 0.348 e. The molecule has 0 saturated heterocycles. The van der Waals surface area contributed by atoms with Crippen molar-refractivity contribution in [2.24, 2.45) is 5.73 Å². The Morgan fingerprint density at radius 1 is 1.29 bits per heavy atom. The van der Waals surface area contributed by atoms with Gasteiger partial charge < -0.3 is 10.5 Å². The van der Waals surface area contributed by atoms with Crippen LogP contribution < -0.4 is 5.73 Å². The van der Waals surface area contributed by atoms with Crippen LogP contribution in [0.4, 0.5) is 5.69 Å². The summed E-state index contributed by atoms with van der Waals surface area (Å²) in [6, 6.07) is 5.67. The molecule has 0 atom stereocenters. The number of primary amides is 1. The predicted molar refractivity (Wildman–Crippen MR) is 87.1 cm³/mol. The highest BCUT2D eigenvalue weighted by molar-refractivity contribution is 7.14. The first-order chi connectivity index (χ1) is 11.5. The van der Waals surface area contributed by atoms with E-state index in [1.165, 1.54) is 33.9 Å². The number of esters is 1. The van der Waals surface area contributed by atoms with Gasteiger partial charge in [0, 0.05) is 16.5 Å². The molecule has 8 heteroatoms. The van der Waals surface area contributed by atoms with Gasteiger partial charge in [0.05, 0.1) is 10.5 Å². The van der Waals surface area contributed by atoms with Crippen molar-refractivity contribution in [1.29, 1.82) is 0 Å². The topological polar surface area (TPSA) is 113 Å². The monoisotopic (exact) mass is 346 g/mol. The van der Waals surface area contributed by atoms with Crippen LogP contribution in [-0.4, -0.2) is 16.8 Å². The number of carbonyl (C=O) groups excluding carboxylic acids is 2. The summed E-state index contributed by atoms with van der Waals surface area (Å²) in [5, 5.41) is 11.1. The van der Waals surface area contributed by atoms with Crippen LogP contribution in [0.5, 0.6) is 0 Å². The molecular formula is C16H14N2O5S. The first-order valence-corrected chi connectivity index (χ1v) is 8.13. The van der Waals surface area contributed by atoms with E-state index in [0.717, 1.165) is 25.3 Å². The van der Waals surface area contributed by atoms with E-state index in [0.29, 0.717) is 4.88 Å². The fourth-order valence-electron chi connectivity index (χ4n) is 2.65. The summed E-state index contributed by atoms with van der Waals surface area (Å²) in [5.74, 6) is -1.25. The highest BCUT2D eigenvalue weighted by Gasteiger charge is 2.21. The van der Waals surface area contributed by atoms with Crippen molar-refractivity contribution in [2.45, 2.75) is 25.9 Å². The molecule has 0 radical (unpaired) electrons. The molecule has 24 heavy (non-hydrogen) atoms. The van der Waals surface area contributed by atoms with Gasteiger partial charge in [-0.25, -0.2) is 4.79 Å². The van der Waals surface area contributed by atoms with Gasteiger partial charge in [-0.15, -0.1) is 11.3 Å². The van der Waals surface area contributed by atoms with E-state index in [9.17, 15) is 19.7 Å². The van der Waals surface area contributed by atoms with Gasteiger partial charge in [-0.05, 0) is 43.0 Å². The summed E-state index contributed by atoms with van der Waals surface area (Å²) in [5.41, 5.74) is 6.25. The molecule has 1 aliphatic carbocycles. The van der Waals surface area contributed by atoms with Crippen molar-refractivity contribution in [3.63, 3.8) is 0 Å². The molecule has 0 spiro atoms. The first-order valence-electron chi connectivity index (χ1n) is 7.31. The van der Waals surface area contributed by atoms with E-state index < -0.39 is 16.8 Å². The summed E-state index contributed by atoms with van der Waals surface area (Å²) in [4.78, 5) is 35.5. The normalized spacial score (nSPS) is 12.7. The fourth-order valence-corrected chi connectivity index (χ4v) is 3.80. The zero-order valence-corrected chi connectivity index (χ0v) is 13.4. The number of carbonyl (C=O) groups is 2. The number of amides is 1. The average Bonchev–Trinajstić information content (AvgIpc) is 3.13. The third kappa shape index (κ3) is 3.13. The molecule has 2 aromatic rings. The second-order valence-electron chi connectivity index (χ2n) is 5.45. The SMILES string of the molecule is NC(=O)c1ccc(COC(=O)c2cc3c(s2)CCC3)c([N+](=O)[O-])c1. The van der Waals surface area contributed by atoms with Crippen LogP contribution in [-0.2, 0) is 24.2 Å². The van der Waals surface area contributed by atoms with Gasteiger partial charge >= 0.3 is 5.97 Å². The van der Waals surface area contributed by atoms with Crippen molar-refractivity contribution in [3.8, 4) is 0 Å². The Morgan fingerprint density at radius 2 is 2.08 bits per heavy atom. The lowest BCUT2D eigenvalue weighted by Crippen LogP contribution is -2.12. The quantitative estimate of drug-likeness (QED) is 0.508. The molecule has 1 amide bonds. The van der Waals surface area contributed by atoms with Crippen LogP contribution >= 0.6 is 11.3 Å². The minimum absolute atomic E-state index is 0.0338. The van der Waals surface area contributed by atoms with Gasteiger partial charge in [-0.2, -0.15) is 0 Å². The second-order valence-corrected chi connectivity index (χ2v) is 6.59. The molecule has 7 nitrogen and oxygen atoms in total. The van der Waals surface area contributed by atoms with Crippen molar-refractivity contribution in [3.05, 3.63) is 60.8 Å². The summed E-state index contributed by atoms with van der Waals surface area (Å²) >= 11 is 1.41. The molecule has 1 aliphatic rings. The molecule has 2 N–H and O–H groups in total.